The summed E-state index contributed by atoms with van der Waals surface area (Å²) in [5.41, 5.74) is 3.36. The van der Waals surface area contributed by atoms with Gasteiger partial charge in [-0.05, 0) is 60.6 Å². The Hall–Kier alpha value is -2.55. The first-order valence-corrected chi connectivity index (χ1v) is 7.40. The minimum atomic E-state index is -0.184. The second-order valence-electron chi connectivity index (χ2n) is 5.76. The van der Waals surface area contributed by atoms with Crippen molar-refractivity contribution in [3.63, 3.8) is 0 Å². The number of benzene rings is 2. The lowest BCUT2D eigenvalue weighted by atomic mass is 9.97. The molecule has 3 heteroatoms. The van der Waals surface area contributed by atoms with E-state index in [1.807, 2.05) is 31.2 Å². The van der Waals surface area contributed by atoms with Crippen molar-refractivity contribution in [1.29, 1.82) is 0 Å². The molecule has 0 aromatic heterocycles. The Morgan fingerprint density at radius 2 is 1.82 bits per heavy atom. The highest BCUT2D eigenvalue weighted by Crippen LogP contribution is 2.41. The van der Waals surface area contributed by atoms with E-state index in [0.717, 1.165) is 29.5 Å². The molecule has 2 aromatic rings. The van der Waals surface area contributed by atoms with Crippen molar-refractivity contribution in [3.05, 3.63) is 65.2 Å². The molecule has 0 bridgehead atoms. The van der Waals surface area contributed by atoms with E-state index >= 15 is 0 Å². The van der Waals surface area contributed by atoms with Crippen molar-refractivity contribution in [1.82, 2.24) is 0 Å². The van der Waals surface area contributed by atoms with Gasteiger partial charge in [0, 0.05) is 5.56 Å². The van der Waals surface area contributed by atoms with Gasteiger partial charge in [-0.1, -0.05) is 30.3 Å². The third-order valence-electron chi connectivity index (χ3n) is 4.02. The quantitative estimate of drug-likeness (QED) is 0.503. The fourth-order valence-corrected chi connectivity index (χ4v) is 2.60. The Balaban J connectivity index is 1.90. The van der Waals surface area contributed by atoms with Crippen LogP contribution < -0.4 is 0 Å². The fourth-order valence-electron chi connectivity index (χ4n) is 2.60. The number of carbonyl (C=O) groups is 1. The van der Waals surface area contributed by atoms with Gasteiger partial charge in [-0.25, -0.2) is 0 Å². The number of rotatable bonds is 4. The minimum absolute atomic E-state index is 0.0208. The Kier molecular flexibility index (Phi) is 3.72. The van der Waals surface area contributed by atoms with E-state index in [0.29, 0.717) is 11.5 Å². The third-order valence-corrected chi connectivity index (χ3v) is 4.02. The van der Waals surface area contributed by atoms with Gasteiger partial charge in [0.25, 0.3) is 0 Å². The summed E-state index contributed by atoms with van der Waals surface area (Å²) in [5, 5.41) is 18.9. The molecular formula is C19H18O3. The van der Waals surface area contributed by atoms with Crippen molar-refractivity contribution in [2.45, 2.75) is 25.7 Å². The highest BCUT2D eigenvalue weighted by molar-refractivity contribution is 6.09. The van der Waals surface area contributed by atoms with Crippen LogP contribution in [0, 0.1) is 0 Å². The third kappa shape index (κ3) is 2.89. The maximum absolute atomic E-state index is 12.5. The van der Waals surface area contributed by atoms with Gasteiger partial charge in [-0.2, -0.15) is 0 Å². The number of carbonyl (C=O) groups excluding carboxylic acids is 1. The molecule has 1 aliphatic rings. The number of hydrogen-bond acceptors (Lipinski definition) is 3. The summed E-state index contributed by atoms with van der Waals surface area (Å²) in [5.74, 6) is 0.150. The topological polar surface area (TPSA) is 57.5 Å². The molecule has 0 amide bonds. The van der Waals surface area contributed by atoms with Crippen LogP contribution in [0.1, 0.15) is 47.2 Å². The zero-order chi connectivity index (χ0) is 15.7. The molecule has 0 atom stereocenters. The van der Waals surface area contributed by atoms with E-state index < -0.39 is 0 Å². The molecule has 1 saturated carbocycles. The highest BCUT2D eigenvalue weighted by atomic mass is 16.3. The van der Waals surface area contributed by atoms with E-state index in [-0.39, 0.29) is 17.3 Å². The number of phenols is 2. The molecule has 0 unspecified atom stereocenters. The second kappa shape index (κ2) is 5.68. The first-order valence-electron chi connectivity index (χ1n) is 7.40. The van der Waals surface area contributed by atoms with Crippen LogP contribution in [0.25, 0.3) is 5.57 Å². The molecule has 0 heterocycles. The molecule has 22 heavy (non-hydrogen) atoms. The Morgan fingerprint density at radius 3 is 2.50 bits per heavy atom. The highest BCUT2D eigenvalue weighted by Gasteiger charge is 2.27. The van der Waals surface area contributed by atoms with E-state index in [9.17, 15) is 15.0 Å². The van der Waals surface area contributed by atoms with E-state index in [1.54, 1.807) is 12.1 Å². The monoisotopic (exact) mass is 294 g/mol. The summed E-state index contributed by atoms with van der Waals surface area (Å²) in [6.45, 7) is 1.82. The molecule has 1 fully saturated rings. The summed E-state index contributed by atoms with van der Waals surface area (Å²) in [7, 11) is 0. The van der Waals surface area contributed by atoms with E-state index in [1.165, 1.54) is 12.1 Å². The molecule has 3 nitrogen and oxygen atoms in total. The van der Waals surface area contributed by atoms with Crippen LogP contribution in [0.5, 0.6) is 11.5 Å². The number of hydrogen-bond donors (Lipinski definition) is 2. The lowest BCUT2D eigenvalue weighted by molar-refractivity contribution is 0.104. The van der Waals surface area contributed by atoms with Crippen molar-refractivity contribution in [3.8, 4) is 11.5 Å². The van der Waals surface area contributed by atoms with Gasteiger partial charge in [0.1, 0.15) is 0 Å². The molecule has 0 saturated heterocycles. The van der Waals surface area contributed by atoms with Gasteiger partial charge in [0.05, 0.1) is 0 Å². The van der Waals surface area contributed by atoms with Crippen molar-refractivity contribution in [2.24, 2.45) is 0 Å². The van der Waals surface area contributed by atoms with Crippen LogP contribution >= 0.6 is 0 Å². The largest absolute Gasteiger partial charge is 0.504 e. The predicted molar refractivity (Wildman–Crippen MR) is 86.2 cm³/mol. The lowest BCUT2D eigenvalue weighted by Gasteiger charge is -2.07. The van der Waals surface area contributed by atoms with Crippen LogP contribution in [-0.2, 0) is 0 Å². The number of ketones is 1. The van der Waals surface area contributed by atoms with Crippen molar-refractivity contribution >= 4 is 11.4 Å². The Morgan fingerprint density at radius 1 is 1.09 bits per heavy atom. The van der Waals surface area contributed by atoms with Gasteiger partial charge in [-0.15, -0.1) is 0 Å². The summed E-state index contributed by atoms with van der Waals surface area (Å²) in [6, 6.07) is 12.3. The van der Waals surface area contributed by atoms with Crippen molar-refractivity contribution < 1.29 is 15.0 Å². The minimum Gasteiger partial charge on any atom is -0.504 e. The summed E-state index contributed by atoms with van der Waals surface area (Å²) in [6.07, 6.45) is 3.89. The van der Waals surface area contributed by atoms with E-state index in [4.69, 9.17) is 0 Å². The van der Waals surface area contributed by atoms with Crippen LogP contribution in [0.4, 0.5) is 0 Å². The summed E-state index contributed by atoms with van der Waals surface area (Å²) in [4.78, 5) is 12.5. The first-order chi connectivity index (χ1) is 10.6. The molecule has 0 aliphatic heterocycles. The van der Waals surface area contributed by atoms with Crippen molar-refractivity contribution in [2.75, 3.05) is 0 Å². The number of phenolic OH excluding ortho intramolecular Hbond substituents is 2. The van der Waals surface area contributed by atoms with Gasteiger partial charge in [-0.3, -0.25) is 4.79 Å². The SMILES string of the molecule is C/C(=C\C(=O)c1ccccc1C1CC1)c1ccc(O)c(O)c1. The molecule has 112 valence electrons. The zero-order valence-electron chi connectivity index (χ0n) is 12.4. The Bertz CT molecular complexity index is 755. The summed E-state index contributed by atoms with van der Waals surface area (Å²) >= 11 is 0. The van der Waals surface area contributed by atoms with Crippen LogP contribution in [-0.4, -0.2) is 16.0 Å². The fraction of sp³-hybridized carbons (Fsp3) is 0.211. The smallest absolute Gasteiger partial charge is 0.186 e. The lowest BCUT2D eigenvalue weighted by Crippen LogP contribution is -2.00. The number of allylic oxidation sites excluding steroid dienone is 2. The molecule has 0 spiro atoms. The normalized spacial score (nSPS) is 14.9. The average Bonchev–Trinajstić information content (AvgIpc) is 3.34. The summed E-state index contributed by atoms with van der Waals surface area (Å²) < 4.78 is 0. The predicted octanol–water partition coefficient (Wildman–Crippen LogP) is 4.26. The standard InChI is InChI=1S/C19H18O3/c1-12(14-8-9-17(20)19(22)11-14)10-18(21)16-5-3-2-4-15(16)13-6-7-13/h2-5,8-11,13,20,22H,6-7H2,1H3/b12-10+. The average molecular weight is 294 g/mol. The molecule has 2 aromatic carbocycles. The number of aromatic hydroxyl groups is 2. The Labute approximate surface area is 129 Å². The molecular weight excluding hydrogens is 276 g/mol. The van der Waals surface area contributed by atoms with Gasteiger partial charge in [0.15, 0.2) is 17.3 Å². The first kappa shape index (κ1) is 14.4. The maximum Gasteiger partial charge on any atom is 0.186 e. The van der Waals surface area contributed by atoms with E-state index in [2.05, 4.69) is 0 Å². The van der Waals surface area contributed by atoms with Crippen LogP contribution in [0.15, 0.2) is 48.5 Å². The van der Waals surface area contributed by atoms with Crippen LogP contribution in [0.2, 0.25) is 0 Å². The van der Waals surface area contributed by atoms with Gasteiger partial charge < -0.3 is 10.2 Å². The molecule has 2 N–H and O–H groups in total. The van der Waals surface area contributed by atoms with Gasteiger partial charge >= 0.3 is 0 Å². The van der Waals surface area contributed by atoms with Gasteiger partial charge in [0.2, 0.25) is 0 Å². The molecule has 0 radical (unpaired) electrons. The second-order valence-corrected chi connectivity index (χ2v) is 5.76. The molecule has 1 aliphatic carbocycles. The molecule has 3 rings (SSSR count). The van der Waals surface area contributed by atoms with Crippen LogP contribution in [0.3, 0.4) is 0 Å². The zero-order valence-corrected chi connectivity index (χ0v) is 12.4. The maximum atomic E-state index is 12.5.